The topological polar surface area (TPSA) is 50.8 Å². The second kappa shape index (κ2) is 8.10. The van der Waals surface area contributed by atoms with Gasteiger partial charge < -0.3 is 14.8 Å². The van der Waals surface area contributed by atoms with Gasteiger partial charge in [-0.05, 0) is 48.7 Å². The van der Waals surface area contributed by atoms with Gasteiger partial charge in [0.05, 0.1) is 26.5 Å². The van der Waals surface area contributed by atoms with Gasteiger partial charge in [0.25, 0.3) is 0 Å². The first-order valence-corrected chi connectivity index (χ1v) is 8.77. The number of methoxy groups -OCH3 is 2. The molecule has 0 radical (unpaired) electrons. The molecular weight excluding hydrogens is 373 g/mol. The Labute approximate surface area is 161 Å². The maximum atomic E-state index is 13.8. The smallest absolute Gasteiger partial charge is 0.238 e. The molecule has 2 aromatic rings. The van der Waals surface area contributed by atoms with Gasteiger partial charge in [-0.15, -0.1) is 0 Å². The Morgan fingerprint density at radius 2 is 1.82 bits per heavy atom. The van der Waals surface area contributed by atoms with E-state index in [-0.39, 0.29) is 18.3 Å². The molecule has 8 heteroatoms. The van der Waals surface area contributed by atoms with E-state index in [0.717, 1.165) is 23.3 Å². The van der Waals surface area contributed by atoms with Crippen molar-refractivity contribution in [1.29, 1.82) is 0 Å². The summed E-state index contributed by atoms with van der Waals surface area (Å²) in [4.78, 5) is 14.2. The number of anilines is 1. The van der Waals surface area contributed by atoms with Gasteiger partial charge in [0.15, 0.2) is 29.0 Å². The molecule has 1 aliphatic rings. The summed E-state index contributed by atoms with van der Waals surface area (Å²) in [6.07, 6.45) is 0.701. The zero-order valence-corrected chi connectivity index (χ0v) is 15.8. The third kappa shape index (κ3) is 3.77. The highest BCUT2D eigenvalue weighted by molar-refractivity contribution is 5.92. The van der Waals surface area contributed by atoms with Crippen LogP contribution in [-0.4, -0.2) is 38.1 Å². The second-order valence-corrected chi connectivity index (χ2v) is 6.57. The summed E-state index contributed by atoms with van der Waals surface area (Å²) in [5, 5.41) is 2.30. The van der Waals surface area contributed by atoms with Gasteiger partial charge in [0, 0.05) is 12.6 Å². The molecular formula is C20H21F3N2O3. The van der Waals surface area contributed by atoms with Crippen molar-refractivity contribution in [2.24, 2.45) is 0 Å². The van der Waals surface area contributed by atoms with Crippen LogP contribution in [0, 0.1) is 17.5 Å². The molecule has 0 fully saturated rings. The lowest BCUT2D eigenvalue weighted by Crippen LogP contribution is -2.39. The molecule has 0 saturated carbocycles. The minimum absolute atomic E-state index is 0.0204. The minimum atomic E-state index is -1.61. The van der Waals surface area contributed by atoms with E-state index >= 15 is 0 Å². The average Bonchev–Trinajstić information content (AvgIpc) is 2.69. The number of benzene rings is 2. The van der Waals surface area contributed by atoms with Crippen LogP contribution >= 0.6 is 0 Å². The molecule has 3 rings (SSSR count). The third-order valence-electron chi connectivity index (χ3n) is 4.97. The van der Waals surface area contributed by atoms with Gasteiger partial charge in [0.1, 0.15) is 0 Å². The fourth-order valence-electron chi connectivity index (χ4n) is 3.41. The maximum Gasteiger partial charge on any atom is 0.238 e. The number of nitrogens with one attached hydrogen (secondary N) is 1. The largest absolute Gasteiger partial charge is 0.493 e. The van der Waals surface area contributed by atoms with E-state index in [2.05, 4.69) is 5.32 Å². The van der Waals surface area contributed by atoms with Crippen LogP contribution in [0.5, 0.6) is 11.5 Å². The van der Waals surface area contributed by atoms with Crippen LogP contribution in [0.1, 0.15) is 24.1 Å². The van der Waals surface area contributed by atoms with Crippen LogP contribution in [-0.2, 0) is 11.2 Å². The monoisotopic (exact) mass is 394 g/mol. The zero-order valence-electron chi connectivity index (χ0n) is 15.8. The lowest BCUT2D eigenvalue weighted by atomic mass is 9.93. The lowest BCUT2D eigenvalue weighted by molar-refractivity contribution is -0.118. The van der Waals surface area contributed by atoms with Crippen molar-refractivity contribution in [2.75, 3.05) is 32.6 Å². The van der Waals surface area contributed by atoms with E-state index in [0.29, 0.717) is 24.5 Å². The summed E-state index contributed by atoms with van der Waals surface area (Å²) in [6.45, 7) is 2.54. The molecule has 1 aliphatic heterocycles. The van der Waals surface area contributed by atoms with Crippen LogP contribution in [0.3, 0.4) is 0 Å². The fraction of sp³-hybridized carbons (Fsp3) is 0.350. The van der Waals surface area contributed by atoms with Crippen LogP contribution in [0.2, 0.25) is 0 Å². The van der Waals surface area contributed by atoms with Gasteiger partial charge in [-0.2, -0.15) is 0 Å². The van der Waals surface area contributed by atoms with Crippen molar-refractivity contribution in [3.8, 4) is 11.5 Å². The fourth-order valence-corrected chi connectivity index (χ4v) is 3.41. The Kier molecular flexibility index (Phi) is 5.79. The standard InChI is InChI=1S/C20H21F3N2O3/c1-11-13-9-17(28-3)16(27-2)8-12(13)6-7-25(11)10-18(26)24-15-5-4-14(21)19(22)20(15)23/h4-5,8-9,11H,6-7,10H2,1-3H3,(H,24,26). The van der Waals surface area contributed by atoms with E-state index in [4.69, 9.17) is 9.47 Å². The molecule has 1 heterocycles. The Morgan fingerprint density at radius 3 is 2.50 bits per heavy atom. The van der Waals surface area contributed by atoms with Crippen molar-refractivity contribution in [3.63, 3.8) is 0 Å². The van der Waals surface area contributed by atoms with Crippen molar-refractivity contribution < 1.29 is 27.4 Å². The first-order chi connectivity index (χ1) is 13.3. The number of carbonyl (C=O) groups excluding carboxylic acids is 1. The molecule has 28 heavy (non-hydrogen) atoms. The molecule has 0 aliphatic carbocycles. The van der Waals surface area contributed by atoms with Gasteiger partial charge in [-0.3, -0.25) is 9.69 Å². The van der Waals surface area contributed by atoms with Gasteiger partial charge in [-0.25, -0.2) is 13.2 Å². The first-order valence-electron chi connectivity index (χ1n) is 8.77. The SMILES string of the molecule is COc1cc2c(cc1OC)C(C)N(CC(=O)Nc1ccc(F)c(F)c1F)CC2. The van der Waals surface area contributed by atoms with E-state index in [1.807, 2.05) is 24.0 Å². The minimum Gasteiger partial charge on any atom is -0.493 e. The predicted octanol–water partition coefficient (Wildman–Crippen LogP) is 3.68. The van der Waals surface area contributed by atoms with Crippen molar-refractivity contribution >= 4 is 11.6 Å². The maximum absolute atomic E-state index is 13.8. The molecule has 0 aromatic heterocycles. The quantitative estimate of drug-likeness (QED) is 0.786. The Hall–Kier alpha value is -2.74. The van der Waals surface area contributed by atoms with E-state index < -0.39 is 23.4 Å². The van der Waals surface area contributed by atoms with Crippen LogP contribution in [0.4, 0.5) is 18.9 Å². The van der Waals surface area contributed by atoms with E-state index in [1.165, 1.54) is 0 Å². The van der Waals surface area contributed by atoms with Gasteiger partial charge in [0.2, 0.25) is 5.91 Å². The summed E-state index contributed by atoms with van der Waals surface area (Å²) in [6, 6.07) is 5.49. The van der Waals surface area contributed by atoms with Gasteiger partial charge >= 0.3 is 0 Å². The summed E-state index contributed by atoms with van der Waals surface area (Å²) in [5.74, 6) is -3.60. The van der Waals surface area contributed by atoms with Crippen molar-refractivity contribution in [3.05, 3.63) is 52.8 Å². The van der Waals surface area contributed by atoms with E-state index in [9.17, 15) is 18.0 Å². The number of hydrogen-bond acceptors (Lipinski definition) is 4. The summed E-state index contributed by atoms with van der Waals surface area (Å²) in [5.41, 5.74) is 1.73. The normalized spacial score (nSPS) is 16.4. The molecule has 1 amide bonds. The molecule has 0 saturated heterocycles. The third-order valence-corrected chi connectivity index (χ3v) is 4.97. The number of halogens is 3. The molecule has 2 aromatic carbocycles. The second-order valence-electron chi connectivity index (χ2n) is 6.57. The summed E-state index contributed by atoms with van der Waals surface area (Å²) >= 11 is 0. The first kappa shape index (κ1) is 20.0. The number of hydrogen-bond donors (Lipinski definition) is 1. The number of ether oxygens (including phenoxy) is 2. The Morgan fingerprint density at radius 1 is 1.14 bits per heavy atom. The Balaban J connectivity index is 1.74. The van der Waals surface area contributed by atoms with Crippen LogP contribution < -0.4 is 14.8 Å². The highest BCUT2D eigenvalue weighted by atomic mass is 19.2. The molecule has 1 atom stereocenters. The molecule has 0 bridgehead atoms. The van der Waals surface area contributed by atoms with Crippen molar-refractivity contribution in [1.82, 2.24) is 4.90 Å². The van der Waals surface area contributed by atoms with Crippen LogP contribution in [0.15, 0.2) is 24.3 Å². The lowest BCUT2D eigenvalue weighted by Gasteiger charge is -2.35. The zero-order chi connectivity index (χ0) is 20.4. The molecule has 1 N–H and O–H groups in total. The Bertz CT molecular complexity index is 905. The predicted molar refractivity (Wildman–Crippen MR) is 98.2 cm³/mol. The molecule has 5 nitrogen and oxygen atoms in total. The number of rotatable bonds is 5. The average molecular weight is 394 g/mol. The van der Waals surface area contributed by atoms with Gasteiger partial charge in [-0.1, -0.05) is 0 Å². The highest BCUT2D eigenvalue weighted by Gasteiger charge is 2.27. The highest BCUT2D eigenvalue weighted by Crippen LogP contribution is 2.37. The summed E-state index contributed by atoms with van der Waals surface area (Å²) < 4.78 is 50.8. The summed E-state index contributed by atoms with van der Waals surface area (Å²) in [7, 11) is 3.13. The van der Waals surface area contributed by atoms with E-state index in [1.54, 1.807) is 14.2 Å². The number of amides is 1. The molecule has 0 spiro atoms. The molecule has 1 unspecified atom stereocenters. The van der Waals surface area contributed by atoms with Crippen LogP contribution in [0.25, 0.3) is 0 Å². The number of nitrogens with zero attached hydrogens (tertiary/aromatic N) is 1. The number of carbonyl (C=O) groups is 1. The van der Waals surface area contributed by atoms with Crippen molar-refractivity contribution in [2.45, 2.75) is 19.4 Å². The molecule has 150 valence electrons. The number of fused-ring (bicyclic) bond motifs is 1.